The van der Waals surface area contributed by atoms with Crippen molar-refractivity contribution >= 4 is 34.1 Å². The second-order valence-corrected chi connectivity index (χ2v) is 12.2. The van der Waals surface area contributed by atoms with Gasteiger partial charge in [0.25, 0.3) is 5.91 Å². The molecule has 0 saturated carbocycles. The van der Waals surface area contributed by atoms with E-state index in [1.165, 1.54) is 27.8 Å². The number of H-pyrrole nitrogens is 1. The van der Waals surface area contributed by atoms with E-state index in [2.05, 4.69) is 71.5 Å². The van der Waals surface area contributed by atoms with E-state index in [0.29, 0.717) is 11.9 Å². The smallest absolute Gasteiger partial charge is 0.263 e. The molecule has 2 saturated heterocycles. The van der Waals surface area contributed by atoms with Crippen molar-refractivity contribution in [2.45, 2.75) is 57.0 Å². The Morgan fingerprint density at radius 2 is 1.97 bits per heavy atom. The SMILES string of the molecule is C=C1CC(Nc2nccc(-c3ccc(C(=O)N4CCC(c5c[nH]c6ccccc56)CC4)s3)n2)CC(C)(C)N1. The van der Waals surface area contributed by atoms with Crippen LogP contribution in [0.4, 0.5) is 5.95 Å². The average molecular weight is 527 g/mol. The number of piperidine rings is 2. The number of likely N-dealkylation sites (tertiary alicyclic amines) is 1. The van der Waals surface area contributed by atoms with Gasteiger partial charge in [-0.15, -0.1) is 11.3 Å². The van der Waals surface area contributed by atoms with Gasteiger partial charge in [-0.1, -0.05) is 24.8 Å². The number of aromatic nitrogens is 3. The molecule has 8 heteroatoms. The summed E-state index contributed by atoms with van der Waals surface area (Å²) in [7, 11) is 0. The second-order valence-electron chi connectivity index (χ2n) is 11.1. The zero-order valence-electron chi connectivity index (χ0n) is 22.0. The summed E-state index contributed by atoms with van der Waals surface area (Å²) in [6, 6.07) is 14.5. The zero-order valence-corrected chi connectivity index (χ0v) is 22.8. The van der Waals surface area contributed by atoms with E-state index in [-0.39, 0.29) is 17.5 Å². The van der Waals surface area contributed by atoms with Gasteiger partial charge in [0.05, 0.1) is 15.4 Å². The number of para-hydroxylation sites is 1. The van der Waals surface area contributed by atoms with Crippen molar-refractivity contribution in [1.29, 1.82) is 0 Å². The van der Waals surface area contributed by atoms with E-state index in [4.69, 9.17) is 4.98 Å². The minimum atomic E-state index is -0.0164. The Kier molecular flexibility index (Phi) is 6.43. The molecule has 3 aromatic heterocycles. The monoisotopic (exact) mass is 526 g/mol. The Balaban J connectivity index is 1.10. The summed E-state index contributed by atoms with van der Waals surface area (Å²) in [5.41, 5.74) is 4.40. The van der Waals surface area contributed by atoms with E-state index in [1.807, 2.05) is 23.1 Å². The predicted molar refractivity (Wildman–Crippen MR) is 155 cm³/mol. The molecule has 1 atom stereocenters. The van der Waals surface area contributed by atoms with Gasteiger partial charge in [-0.25, -0.2) is 9.97 Å². The molecule has 0 bridgehead atoms. The summed E-state index contributed by atoms with van der Waals surface area (Å²) in [6.07, 6.45) is 7.67. The van der Waals surface area contributed by atoms with E-state index >= 15 is 0 Å². The minimum absolute atomic E-state index is 0.0164. The molecule has 1 aromatic carbocycles. The molecule has 196 valence electrons. The highest BCUT2D eigenvalue weighted by atomic mass is 32.1. The van der Waals surface area contributed by atoms with Crippen molar-refractivity contribution in [3.05, 3.63) is 77.6 Å². The number of hydrogen-bond donors (Lipinski definition) is 3. The molecule has 1 amide bonds. The molecular weight excluding hydrogens is 492 g/mol. The van der Waals surface area contributed by atoms with Gasteiger partial charge >= 0.3 is 0 Å². The molecule has 0 aliphatic carbocycles. The third-order valence-corrected chi connectivity index (χ3v) is 8.76. The summed E-state index contributed by atoms with van der Waals surface area (Å²) in [5, 5.41) is 8.24. The number of rotatable bonds is 5. The number of anilines is 1. The number of nitrogens with one attached hydrogen (secondary N) is 3. The van der Waals surface area contributed by atoms with Crippen LogP contribution < -0.4 is 10.6 Å². The number of hydrogen-bond acceptors (Lipinski definition) is 6. The Hall–Kier alpha value is -3.65. The summed E-state index contributed by atoms with van der Waals surface area (Å²) in [4.78, 5) is 29.7. The van der Waals surface area contributed by atoms with Gasteiger partial charge in [0.2, 0.25) is 5.95 Å². The zero-order chi connectivity index (χ0) is 26.3. The fourth-order valence-electron chi connectivity index (χ4n) is 5.99. The van der Waals surface area contributed by atoms with Gasteiger partial charge in [-0.3, -0.25) is 4.79 Å². The summed E-state index contributed by atoms with van der Waals surface area (Å²) < 4.78 is 0. The van der Waals surface area contributed by atoms with Gasteiger partial charge in [-0.2, -0.15) is 0 Å². The fourth-order valence-corrected chi connectivity index (χ4v) is 6.93. The third kappa shape index (κ3) is 5.05. The van der Waals surface area contributed by atoms with Crippen molar-refractivity contribution < 1.29 is 4.79 Å². The van der Waals surface area contributed by atoms with Crippen LogP contribution in [0.15, 0.2) is 67.1 Å². The topological polar surface area (TPSA) is 85.9 Å². The first-order valence-corrected chi connectivity index (χ1v) is 14.2. The lowest BCUT2D eigenvalue weighted by atomic mass is 9.88. The number of amides is 1. The normalized spacial score (nSPS) is 19.9. The molecule has 3 N–H and O–H groups in total. The molecular formula is C30H34N6OS. The maximum Gasteiger partial charge on any atom is 0.263 e. The van der Waals surface area contributed by atoms with Crippen molar-refractivity contribution in [3.8, 4) is 10.6 Å². The lowest BCUT2D eigenvalue weighted by molar-refractivity contribution is 0.0718. The van der Waals surface area contributed by atoms with Crippen molar-refractivity contribution in [3.63, 3.8) is 0 Å². The standard InChI is InChI=1S/C30H34N6OS/c1-19-16-21(17-30(2,3)35-19)33-29-31-13-10-25(34-29)26-8-9-27(38-26)28(37)36-14-11-20(12-15-36)23-18-32-24-7-5-4-6-22(23)24/h4-10,13,18,20-21,32,35H,1,11-12,14-17H2,2-3H3,(H,31,33,34). The Morgan fingerprint density at radius 1 is 1.16 bits per heavy atom. The second kappa shape index (κ2) is 9.91. The molecule has 0 radical (unpaired) electrons. The number of carbonyl (C=O) groups is 1. The Bertz CT molecular complexity index is 1480. The summed E-state index contributed by atoms with van der Waals surface area (Å²) in [6.45, 7) is 10.0. The number of carbonyl (C=O) groups excluding carboxylic acids is 1. The quantitative estimate of drug-likeness (QED) is 0.290. The van der Waals surface area contributed by atoms with E-state index < -0.39 is 0 Å². The molecule has 0 spiro atoms. The predicted octanol–water partition coefficient (Wildman–Crippen LogP) is 6.16. The molecule has 2 aliphatic heterocycles. The molecule has 7 nitrogen and oxygen atoms in total. The largest absolute Gasteiger partial charge is 0.384 e. The van der Waals surface area contributed by atoms with Gasteiger partial charge in [0.15, 0.2) is 0 Å². The Labute approximate surface area is 227 Å². The fraction of sp³-hybridized carbons (Fsp3) is 0.367. The lowest BCUT2D eigenvalue weighted by Gasteiger charge is -2.38. The van der Waals surface area contributed by atoms with Gasteiger partial charge in [0.1, 0.15) is 0 Å². The first-order valence-electron chi connectivity index (χ1n) is 13.4. The van der Waals surface area contributed by atoms with Crippen LogP contribution in [-0.2, 0) is 0 Å². The summed E-state index contributed by atoms with van der Waals surface area (Å²) >= 11 is 1.50. The van der Waals surface area contributed by atoms with Crippen LogP contribution in [0, 0.1) is 0 Å². The van der Waals surface area contributed by atoms with Crippen LogP contribution in [-0.4, -0.2) is 50.4 Å². The van der Waals surface area contributed by atoms with E-state index in [0.717, 1.165) is 59.9 Å². The van der Waals surface area contributed by atoms with Crippen molar-refractivity contribution in [2.75, 3.05) is 18.4 Å². The van der Waals surface area contributed by atoms with Gasteiger partial charge in [0, 0.05) is 60.1 Å². The van der Waals surface area contributed by atoms with Crippen LogP contribution in [0.3, 0.4) is 0 Å². The molecule has 4 aromatic rings. The first kappa shape index (κ1) is 24.7. The van der Waals surface area contributed by atoms with Crippen LogP contribution >= 0.6 is 11.3 Å². The highest BCUT2D eigenvalue weighted by Gasteiger charge is 2.30. The number of aromatic amines is 1. The van der Waals surface area contributed by atoms with Crippen molar-refractivity contribution in [1.82, 2.24) is 25.2 Å². The van der Waals surface area contributed by atoms with E-state index in [1.54, 1.807) is 6.20 Å². The maximum atomic E-state index is 13.3. The summed E-state index contributed by atoms with van der Waals surface area (Å²) in [5.74, 6) is 1.20. The molecule has 2 aliphatic rings. The molecule has 38 heavy (non-hydrogen) atoms. The molecule has 5 heterocycles. The van der Waals surface area contributed by atoms with Crippen LogP contribution in [0.1, 0.15) is 60.7 Å². The average Bonchev–Trinajstić information content (AvgIpc) is 3.55. The van der Waals surface area contributed by atoms with Crippen LogP contribution in [0.25, 0.3) is 21.5 Å². The van der Waals surface area contributed by atoms with Crippen LogP contribution in [0.2, 0.25) is 0 Å². The number of benzene rings is 1. The highest BCUT2D eigenvalue weighted by molar-refractivity contribution is 7.17. The maximum absolute atomic E-state index is 13.3. The highest BCUT2D eigenvalue weighted by Crippen LogP contribution is 2.35. The lowest BCUT2D eigenvalue weighted by Crippen LogP contribution is -2.48. The van der Waals surface area contributed by atoms with Crippen molar-refractivity contribution in [2.24, 2.45) is 0 Å². The molecule has 6 rings (SSSR count). The number of nitrogens with zero attached hydrogens (tertiary/aromatic N) is 3. The molecule has 2 fully saturated rings. The van der Waals surface area contributed by atoms with Gasteiger partial charge < -0.3 is 20.5 Å². The van der Waals surface area contributed by atoms with Gasteiger partial charge in [-0.05, 0) is 68.9 Å². The van der Waals surface area contributed by atoms with E-state index in [9.17, 15) is 4.79 Å². The first-order chi connectivity index (χ1) is 18.3. The Morgan fingerprint density at radius 3 is 2.79 bits per heavy atom. The number of fused-ring (bicyclic) bond motifs is 1. The third-order valence-electron chi connectivity index (χ3n) is 7.67. The van der Waals surface area contributed by atoms with Crippen LogP contribution in [0.5, 0.6) is 0 Å². The number of thiophene rings is 1. The minimum Gasteiger partial charge on any atom is -0.384 e. The molecule has 1 unspecified atom stereocenters.